The zero-order chi connectivity index (χ0) is 20.5. The van der Waals surface area contributed by atoms with Crippen molar-refractivity contribution in [2.75, 3.05) is 26.3 Å². The van der Waals surface area contributed by atoms with Crippen LogP contribution in [0, 0.1) is 0 Å². The second-order valence-corrected chi connectivity index (χ2v) is 7.32. The highest BCUT2D eigenvalue weighted by atomic mass is 16.5. The first kappa shape index (κ1) is 18.4. The van der Waals surface area contributed by atoms with Gasteiger partial charge in [-0.15, -0.1) is 0 Å². The van der Waals surface area contributed by atoms with Gasteiger partial charge in [0.2, 0.25) is 0 Å². The van der Waals surface area contributed by atoms with Crippen LogP contribution in [0.4, 0.5) is 0 Å². The molecule has 1 fully saturated rings. The molecule has 4 aromatic rings. The van der Waals surface area contributed by atoms with Crippen molar-refractivity contribution in [3.63, 3.8) is 0 Å². The number of morpholine rings is 1. The van der Waals surface area contributed by atoms with E-state index in [2.05, 4.69) is 9.97 Å². The van der Waals surface area contributed by atoms with Crippen LogP contribution in [0.5, 0.6) is 5.75 Å². The minimum atomic E-state index is -0.00901. The van der Waals surface area contributed by atoms with Gasteiger partial charge in [-0.05, 0) is 41.5 Å². The Kier molecular flexibility index (Phi) is 4.69. The molecule has 0 radical (unpaired) electrons. The van der Waals surface area contributed by atoms with Crippen LogP contribution in [0.3, 0.4) is 0 Å². The third kappa shape index (κ3) is 3.42. The summed E-state index contributed by atoms with van der Waals surface area (Å²) in [5, 5.41) is 10.4. The molecule has 0 unspecified atom stereocenters. The molecule has 1 saturated heterocycles. The van der Waals surface area contributed by atoms with Crippen LogP contribution >= 0.6 is 0 Å². The molecule has 3 aromatic carbocycles. The van der Waals surface area contributed by atoms with Gasteiger partial charge in [0.15, 0.2) is 0 Å². The molecule has 1 amide bonds. The summed E-state index contributed by atoms with van der Waals surface area (Å²) in [5.41, 5.74) is 4.79. The average Bonchev–Trinajstić information content (AvgIpc) is 3.23. The molecule has 6 heteroatoms. The van der Waals surface area contributed by atoms with E-state index in [1.165, 1.54) is 0 Å². The lowest BCUT2D eigenvalue weighted by Gasteiger charge is -2.26. The first-order valence-electron chi connectivity index (χ1n) is 9.95. The van der Waals surface area contributed by atoms with E-state index in [0.717, 1.165) is 22.2 Å². The quantitative estimate of drug-likeness (QED) is 0.544. The normalized spacial score (nSPS) is 14.2. The Morgan fingerprint density at radius 2 is 1.77 bits per heavy atom. The highest BCUT2D eigenvalue weighted by Crippen LogP contribution is 2.33. The number of carbonyl (C=O) groups is 1. The van der Waals surface area contributed by atoms with Gasteiger partial charge in [-0.25, -0.2) is 4.98 Å². The van der Waals surface area contributed by atoms with Gasteiger partial charge < -0.3 is 19.7 Å². The molecule has 1 aromatic heterocycles. The number of carbonyl (C=O) groups excluding carboxylic acids is 1. The zero-order valence-corrected chi connectivity index (χ0v) is 16.3. The lowest BCUT2D eigenvalue weighted by molar-refractivity contribution is 0.0303. The number of aromatic amines is 1. The van der Waals surface area contributed by atoms with Crippen molar-refractivity contribution in [1.29, 1.82) is 0 Å². The minimum absolute atomic E-state index is 0.00901. The number of benzene rings is 3. The molecular formula is C24H21N3O3. The molecule has 150 valence electrons. The van der Waals surface area contributed by atoms with E-state index >= 15 is 0 Å². The van der Waals surface area contributed by atoms with Crippen molar-refractivity contribution in [3.05, 3.63) is 72.3 Å². The Morgan fingerprint density at radius 1 is 0.967 bits per heavy atom. The number of rotatable bonds is 3. The average molecular weight is 399 g/mol. The number of hydrogen-bond acceptors (Lipinski definition) is 4. The standard InChI is InChI=1S/C24H21N3O3/c28-22-9-7-17(16-4-2-1-3-5-16)14-19(22)23-25-20-8-6-18(15-21(20)26-23)24(29)27-10-12-30-13-11-27/h1-9,14-15,28H,10-13H2,(H,25,26). The summed E-state index contributed by atoms with van der Waals surface area (Å²) in [5.74, 6) is 0.708. The highest BCUT2D eigenvalue weighted by Gasteiger charge is 2.19. The number of amides is 1. The molecule has 0 bridgehead atoms. The number of H-pyrrole nitrogens is 1. The number of ether oxygens (including phenoxy) is 1. The van der Waals surface area contributed by atoms with Crippen LogP contribution in [0.15, 0.2) is 66.7 Å². The van der Waals surface area contributed by atoms with E-state index in [0.29, 0.717) is 43.3 Å². The molecule has 30 heavy (non-hydrogen) atoms. The number of imidazole rings is 1. The second-order valence-electron chi connectivity index (χ2n) is 7.32. The fourth-order valence-corrected chi connectivity index (χ4v) is 3.76. The van der Waals surface area contributed by atoms with Gasteiger partial charge in [-0.2, -0.15) is 0 Å². The number of nitrogens with zero attached hydrogens (tertiary/aromatic N) is 2. The molecular weight excluding hydrogens is 378 g/mol. The number of phenolic OH excluding ortho intramolecular Hbond substituents is 1. The third-order valence-electron chi connectivity index (χ3n) is 5.39. The van der Waals surface area contributed by atoms with Crippen LogP contribution in [-0.4, -0.2) is 52.2 Å². The highest BCUT2D eigenvalue weighted by molar-refractivity contribution is 5.98. The molecule has 0 saturated carbocycles. The molecule has 6 nitrogen and oxygen atoms in total. The number of aromatic hydroxyl groups is 1. The lowest BCUT2D eigenvalue weighted by Crippen LogP contribution is -2.40. The Hall–Kier alpha value is -3.64. The van der Waals surface area contributed by atoms with E-state index in [-0.39, 0.29) is 11.7 Å². The van der Waals surface area contributed by atoms with Gasteiger partial charge in [0.25, 0.3) is 5.91 Å². The molecule has 2 N–H and O–H groups in total. The Bertz CT molecular complexity index is 1210. The number of fused-ring (bicyclic) bond motifs is 1. The number of hydrogen-bond donors (Lipinski definition) is 2. The first-order chi connectivity index (χ1) is 14.7. The summed E-state index contributed by atoms with van der Waals surface area (Å²) < 4.78 is 5.33. The summed E-state index contributed by atoms with van der Waals surface area (Å²) in [6, 6.07) is 20.9. The van der Waals surface area contributed by atoms with Crippen molar-refractivity contribution >= 4 is 16.9 Å². The monoisotopic (exact) mass is 399 g/mol. The molecule has 0 aliphatic carbocycles. The van der Waals surface area contributed by atoms with Crippen molar-refractivity contribution in [3.8, 4) is 28.3 Å². The van der Waals surface area contributed by atoms with Crippen LogP contribution < -0.4 is 0 Å². The fourth-order valence-electron chi connectivity index (χ4n) is 3.76. The van der Waals surface area contributed by atoms with Crippen LogP contribution in [0.25, 0.3) is 33.5 Å². The Balaban J connectivity index is 1.50. The largest absolute Gasteiger partial charge is 0.507 e. The van der Waals surface area contributed by atoms with Crippen LogP contribution in [0.1, 0.15) is 10.4 Å². The first-order valence-corrected chi connectivity index (χ1v) is 9.95. The molecule has 1 aliphatic rings. The van der Waals surface area contributed by atoms with Gasteiger partial charge in [-0.1, -0.05) is 36.4 Å². The Labute approximate surface area is 173 Å². The summed E-state index contributed by atoms with van der Waals surface area (Å²) >= 11 is 0. The zero-order valence-electron chi connectivity index (χ0n) is 16.3. The SMILES string of the molecule is O=C(c1ccc2nc(-c3cc(-c4ccccc4)ccc3O)[nH]c2c1)N1CCOCC1. The minimum Gasteiger partial charge on any atom is -0.507 e. The molecule has 0 spiro atoms. The van der Waals surface area contributed by atoms with E-state index in [4.69, 9.17) is 4.74 Å². The summed E-state index contributed by atoms with van der Waals surface area (Å²) in [6.45, 7) is 2.34. The molecule has 2 heterocycles. The van der Waals surface area contributed by atoms with Crippen molar-refractivity contribution in [2.24, 2.45) is 0 Å². The summed E-state index contributed by atoms with van der Waals surface area (Å²) in [4.78, 5) is 22.5. The number of aromatic nitrogens is 2. The van der Waals surface area contributed by atoms with Gasteiger partial charge in [-0.3, -0.25) is 4.79 Å². The summed E-state index contributed by atoms with van der Waals surface area (Å²) in [7, 11) is 0. The maximum atomic E-state index is 12.8. The van der Waals surface area contributed by atoms with E-state index in [1.807, 2.05) is 54.6 Å². The van der Waals surface area contributed by atoms with Gasteiger partial charge in [0.1, 0.15) is 11.6 Å². The van der Waals surface area contributed by atoms with E-state index in [9.17, 15) is 9.90 Å². The summed E-state index contributed by atoms with van der Waals surface area (Å²) in [6.07, 6.45) is 0. The lowest BCUT2D eigenvalue weighted by atomic mass is 10.0. The van der Waals surface area contributed by atoms with Gasteiger partial charge in [0, 0.05) is 18.7 Å². The van der Waals surface area contributed by atoms with E-state index in [1.54, 1.807) is 17.0 Å². The number of nitrogens with one attached hydrogen (secondary N) is 1. The second kappa shape index (κ2) is 7.65. The van der Waals surface area contributed by atoms with Crippen molar-refractivity contribution in [2.45, 2.75) is 0 Å². The third-order valence-corrected chi connectivity index (χ3v) is 5.39. The fraction of sp³-hybridized carbons (Fsp3) is 0.167. The topological polar surface area (TPSA) is 78.4 Å². The van der Waals surface area contributed by atoms with Crippen LogP contribution in [-0.2, 0) is 4.74 Å². The van der Waals surface area contributed by atoms with Crippen LogP contribution in [0.2, 0.25) is 0 Å². The maximum Gasteiger partial charge on any atom is 0.254 e. The predicted octanol–water partition coefficient (Wildman–Crippen LogP) is 4.07. The van der Waals surface area contributed by atoms with Gasteiger partial charge >= 0.3 is 0 Å². The maximum absolute atomic E-state index is 12.8. The number of phenols is 1. The smallest absolute Gasteiger partial charge is 0.254 e. The molecule has 0 atom stereocenters. The predicted molar refractivity (Wildman–Crippen MR) is 115 cm³/mol. The van der Waals surface area contributed by atoms with Crippen molar-refractivity contribution < 1.29 is 14.6 Å². The van der Waals surface area contributed by atoms with E-state index < -0.39 is 0 Å². The molecule has 1 aliphatic heterocycles. The molecule has 5 rings (SSSR count). The van der Waals surface area contributed by atoms with Gasteiger partial charge in [0.05, 0.1) is 29.8 Å². The Morgan fingerprint density at radius 3 is 2.57 bits per heavy atom. The van der Waals surface area contributed by atoms with Crippen molar-refractivity contribution in [1.82, 2.24) is 14.9 Å².